The van der Waals surface area contributed by atoms with Crippen molar-refractivity contribution in [3.63, 3.8) is 0 Å². The Morgan fingerprint density at radius 3 is 3.02 bits per heavy atom. The van der Waals surface area contributed by atoms with Gasteiger partial charge in [-0.2, -0.15) is 9.99 Å². The number of anilines is 5. The van der Waals surface area contributed by atoms with Gasteiger partial charge in [0.2, 0.25) is 5.95 Å². The highest BCUT2D eigenvalue weighted by Crippen LogP contribution is 2.44. The zero-order valence-electron chi connectivity index (χ0n) is 22.5. The van der Waals surface area contributed by atoms with E-state index in [1.165, 1.54) is 0 Å². The standard InChI is InChI=1S/C29H34N8O3/c1-3-12-36-27(38)21-16-31-28(32-19-6-7-22-23(14-19)40-17-20-15-30-11-13-35(20)22)34-26(21)37(36)24-8-5-18-9-10-29(39,4-2)25(18)33-24/h3,5-8,14,16,20,27,30,38-39H,1,4,9-13,15,17H2,2H3,(H,31,32,34)/t20-,27?,29-/m1/s1. The summed E-state index contributed by atoms with van der Waals surface area (Å²) in [4.78, 5) is 16.6. The van der Waals surface area contributed by atoms with E-state index in [-0.39, 0.29) is 0 Å². The fraction of sp³-hybridized carbons (Fsp3) is 0.414. The molecule has 7 rings (SSSR count). The van der Waals surface area contributed by atoms with Crippen LogP contribution in [0.5, 0.6) is 5.75 Å². The van der Waals surface area contributed by atoms with E-state index in [2.05, 4.69) is 33.2 Å². The molecule has 2 aromatic heterocycles. The minimum atomic E-state index is -0.966. The van der Waals surface area contributed by atoms with Crippen LogP contribution in [-0.2, 0) is 12.0 Å². The number of hydrogen-bond donors (Lipinski definition) is 4. The maximum atomic E-state index is 11.2. The number of pyridine rings is 1. The van der Waals surface area contributed by atoms with Crippen LogP contribution in [0.25, 0.3) is 0 Å². The van der Waals surface area contributed by atoms with Crippen LogP contribution >= 0.6 is 0 Å². The largest absolute Gasteiger partial charge is 0.489 e. The Bertz CT molecular complexity index is 1470. The fourth-order valence-corrected chi connectivity index (χ4v) is 6.23. The molecular weight excluding hydrogens is 508 g/mol. The zero-order valence-corrected chi connectivity index (χ0v) is 22.5. The van der Waals surface area contributed by atoms with Gasteiger partial charge >= 0.3 is 0 Å². The van der Waals surface area contributed by atoms with Gasteiger partial charge in [-0.05, 0) is 43.0 Å². The van der Waals surface area contributed by atoms with E-state index < -0.39 is 11.8 Å². The van der Waals surface area contributed by atoms with Crippen molar-refractivity contribution >= 4 is 29.0 Å². The van der Waals surface area contributed by atoms with E-state index in [0.717, 1.165) is 48.7 Å². The summed E-state index contributed by atoms with van der Waals surface area (Å²) in [7, 11) is 0. The lowest BCUT2D eigenvalue weighted by Gasteiger charge is -2.42. The monoisotopic (exact) mass is 542 g/mol. The molecule has 11 heteroatoms. The molecule has 1 fully saturated rings. The molecule has 1 unspecified atom stereocenters. The summed E-state index contributed by atoms with van der Waals surface area (Å²) >= 11 is 0. The number of rotatable bonds is 6. The minimum absolute atomic E-state index is 0.345. The first-order valence-corrected chi connectivity index (χ1v) is 14.0. The van der Waals surface area contributed by atoms with E-state index >= 15 is 0 Å². The van der Waals surface area contributed by atoms with E-state index in [1.807, 2.05) is 31.2 Å². The topological polar surface area (TPSA) is 122 Å². The highest BCUT2D eigenvalue weighted by molar-refractivity contribution is 5.70. The zero-order chi connectivity index (χ0) is 27.4. The number of fused-ring (bicyclic) bond motifs is 5. The van der Waals surface area contributed by atoms with Crippen molar-refractivity contribution < 1.29 is 14.9 Å². The molecule has 0 spiro atoms. The first kappa shape index (κ1) is 25.2. The second-order valence-electron chi connectivity index (χ2n) is 10.8. The van der Waals surface area contributed by atoms with Crippen LogP contribution in [0, 0.1) is 0 Å². The van der Waals surface area contributed by atoms with Gasteiger partial charge in [-0.1, -0.05) is 19.1 Å². The summed E-state index contributed by atoms with van der Waals surface area (Å²) in [6.07, 6.45) is 4.43. The summed E-state index contributed by atoms with van der Waals surface area (Å²) in [6, 6.07) is 10.3. The maximum Gasteiger partial charge on any atom is 0.229 e. The summed E-state index contributed by atoms with van der Waals surface area (Å²) < 4.78 is 6.09. The fourth-order valence-electron chi connectivity index (χ4n) is 6.23. The number of nitrogens with one attached hydrogen (secondary N) is 2. The second-order valence-corrected chi connectivity index (χ2v) is 10.8. The molecule has 4 aliphatic rings. The van der Waals surface area contributed by atoms with Crippen LogP contribution in [0.3, 0.4) is 0 Å². The Hall–Kier alpha value is -3.77. The molecule has 1 aromatic carbocycles. The number of aliphatic hydroxyl groups excluding tert-OH is 1. The Kier molecular flexibility index (Phi) is 6.12. The number of ether oxygens (including phenoxy) is 1. The van der Waals surface area contributed by atoms with Gasteiger partial charge in [0, 0.05) is 44.1 Å². The van der Waals surface area contributed by atoms with Crippen LogP contribution < -0.4 is 25.3 Å². The molecule has 3 aliphatic heterocycles. The second kappa shape index (κ2) is 9.70. The van der Waals surface area contributed by atoms with E-state index in [1.54, 1.807) is 22.3 Å². The van der Waals surface area contributed by atoms with Crippen molar-refractivity contribution in [2.75, 3.05) is 48.0 Å². The van der Waals surface area contributed by atoms with Crippen LogP contribution in [-0.4, -0.2) is 69.0 Å². The van der Waals surface area contributed by atoms with Gasteiger partial charge in [-0.25, -0.2) is 15.0 Å². The van der Waals surface area contributed by atoms with Gasteiger partial charge in [-0.15, -0.1) is 6.58 Å². The molecule has 11 nitrogen and oxygen atoms in total. The molecule has 1 saturated heterocycles. The van der Waals surface area contributed by atoms with Crippen molar-refractivity contribution in [2.24, 2.45) is 0 Å². The number of benzene rings is 1. The molecule has 0 amide bonds. The minimum Gasteiger partial charge on any atom is -0.489 e. The highest BCUT2D eigenvalue weighted by Gasteiger charge is 2.41. The number of nitrogens with zero attached hydrogens (tertiary/aromatic N) is 6. The number of aliphatic hydroxyl groups is 2. The Morgan fingerprint density at radius 1 is 1.27 bits per heavy atom. The van der Waals surface area contributed by atoms with Gasteiger partial charge in [0.25, 0.3) is 0 Å². The molecule has 3 aromatic rings. The van der Waals surface area contributed by atoms with Crippen LogP contribution in [0.2, 0.25) is 0 Å². The lowest BCUT2D eigenvalue weighted by atomic mass is 9.98. The number of hydrazine groups is 1. The highest BCUT2D eigenvalue weighted by atomic mass is 16.5. The van der Waals surface area contributed by atoms with E-state index in [4.69, 9.17) is 14.7 Å². The maximum absolute atomic E-state index is 11.2. The smallest absolute Gasteiger partial charge is 0.229 e. The predicted molar refractivity (Wildman–Crippen MR) is 152 cm³/mol. The molecule has 4 N–H and O–H groups in total. The summed E-state index contributed by atoms with van der Waals surface area (Å²) in [6.45, 7) is 9.69. The molecule has 208 valence electrons. The van der Waals surface area contributed by atoms with Crippen molar-refractivity contribution in [3.8, 4) is 5.75 Å². The van der Waals surface area contributed by atoms with Crippen molar-refractivity contribution in [1.82, 2.24) is 25.3 Å². The Labute approximate surface area is 233 Å². The quantitative estimate of drug-likeness (QED) is 0.344. The molecule has 0 radical (unpaired) electrons. The predicted octanol–water partition coefficient (Wildman–Crippen LogP) is 2.88. The van der Waals surface area contributed by atoms with Gasteiger partial charge in [0.15, 0.2) is 12.0 Å². The molecule has 0 saturated carbocycles. The van der Waals surface area contributed by atoms with Gasteiger partial charge in [0.1, 0.15) is 23.8 Å². The molecule has 1 aliphatic carbocycles. The molecular formula is C29H34N8O3. The average molecular weight is 543 g/mol. The van der Waals surface area contributed by atoms with Gasteiger partial charge in [-0.3, -0.25) is 0 Å². The third kappa shape index (κ3) is 4.00. The SMILES string of the molecule is C=CCN1C(O)c2cnc(Nc3ccc4c(c3)OC[C@H]3CNCCN43)nc2N1c1ccc2c(n1)[C@@](O)(CC)CC2. The first-order valence-electron chi connectivity index (χ1n) is 14.0. The Morgan fingerprint density at radius 2 is 2.17 bits per heavy atom. The lowest BCUT2D eigenvalue weighted by Crippen LogP contribution is -2.55. The van der Waals surface area contributed by atoms with Gasteiger partial charge in [0.05, 0.1) is 23.0 Å². The van der Waals surface area contributed by atoms with Gasteiger partial charge < -0.3 is 30.5 Å². The average Bonchev–Trinajstić information content (AvgIpc) is 3.46. The first-order chi connectivity index (χ1) is 19.5. The third-order valence-electron chi connectivity index (χ3n) is 8.45. The third-order valence-corrected chi connectivity index (χ3v) is 8.45. The normalized spacial score (nSPS) is 25.1. The van der Waals surface area contributed by atoms with Crippen LogP contribution in [0.1, 0.15) is 42.8 Å². The number of aromatic nitrogens is 3. The molecule has 40 heavy (non-hydrogen) atoms. The summed E-state index contributed by atoms with van der Waals surface area (Å²) in [5, 5.41) is 32.6. The number of piperazine rings is 1. The number of aryl methyl sites for hydroxylation is 1. The van der Waals surface area contributed by atoms with Crippen molar-refractivity contribution in [1.29, 1.82) is 0 Å². The Balaban J connectivity index is 1.22. The van der Waals surface area contributed by atoms with Crippen molar-refractivity contribution in [3.05, 3.63) is 66.0 Å². The summed E-state index contributed by atoms with van der Waals surface area (Å²) in [5.41, 5.74) is 3.27. The molecule has 0 bridgehead atoms. The van der Waals surface area contributed by atoms with Crippen molar-refractivity contribution in [2.45, 2.75) is 44.1 Å². The number of hydrogen-bond acceptors (Lipinski definition) is 11. The lowest BCUT2D eigenvalue weighted by molar-refractivity contribution is 0.0234. The van der Waals surface area contributed by atoms with Crippen LogP contribution in [0.4, 0.5) is 29.0 Å². The van der Waals surface area contributed by atoms with E-state index in [0.29, 0.717) is 60.9 Å². The van der Waals surface area contributed by atoms with Crippen LogP contribution in [0.15, 0.2) is 49.2 Å². The molecule has 3 atom stereocenters. The van der Waals surface area contributed by atoms with E-state index in [9.17, 15) is 10.2 Å². The molecule has 5 heterocycles. The summed E-state index contributed by atoms with van der Waals surface area (Å²) in [5.74, 6) is 2.32.